The number of anilines is 3. The molecule has 8 heteroatoms. The van der Waals surface area contributed by atoms with Crippen LogP contribution in [-0.4, -0.2) is 59.9 Å². The number of nitrogens with zero attached hydrogens (tertiary/aromatic N) is 3. The van der Waals surface area contributed by atoms with Crippen LogP contribution in [0.2, 0.25) is 0 Å². The van der Waals surface area contributed by atoms with E-state index < -0.39 is 11.9 Å². The molecule has 2 aliphatic rings. The maximum Gasteiger partial charge on any atom is 0.177 e. The van der Waals surface area contributed by atoms with Crippen LogP contribution >= 0.6 is 0 Å². The van der Waals surface area contributed by atoms with E-state index in [2.05, 4.69) is 20.6 Å². The first-order valence-corrected chi connectivity index (χ1v) is 9.79. The fraction of sp³-hybridized carbons (Fsp3) is 0.429. The van der Waals surface area contributed by atoms with Crippen molar-refractivity contribution in [1.82, 2.24) is 14.9 Å². The van der Waals surface area contributed by atoms with Crippen LogP contribution in [-0.2, 0) is 6.42 Å². The van der Waals surface area contributed by atoms with Gasteiger partial charge >= 0.3 is 0 Å². The van der Waals surface area contributed by atoms with E-state index in [1.165, 1.54) is 0 Å². The second-order valence-electron chi connectivity index (χ2n) is 7.59. The molecule has 0 fully saturated rings. The van der Waals surface area contributed by atoms with Gasteiger partial charge in [0.2, 0.25) is 0 Å². The largest absolute Gasteiger partial charge is 0.491 e. The fourth-order valence-electron chi connectivity index (χ4n) is 3.85. The van der Waals surface area contributed by atoms with Crippen LogP contribution in [0.5, 0.6) is 5.75 Å². The fourth-order valence-corrected chi connectivity index (χ4v) is 3.85. The van der Waals surface area contributed by atoms with Gasteiger partial charge in [0.05, 0.1) is 24.0 Å². The van der Waals surface area contributed by atoms with Gasteiger partial charge in [0.15, 0.2) is 17.4 Å². The molecule has 0 aliphatic carbocycles. The molecule has 4 heterocycles. The standard InChI is InChI=1S/C21H26FN5O2/c1-12-8-14(23-2)10-17(24-12)26-21-19(22)18(20-16(25-21)5-7-29-20)13-4-6-27(3)11-15(28)9-13/h4,8,10,15,28H,5-7,9,11H2,1-3H3,(H2,23,24,25,26)/t15-/m0/s1. The molecule has 0 saturated heterocycles. The van der Waals surface area contributed by atoms with Crippen molar-refractivity contribution in [2.24, 2.45) is 0 Å². The quantitative estimate of drug-likeness (QED) is 0.729. The van der Waals surface area contributed by atoms with Gasteiger partial charge in [0.25, 0.3) is 0 Å². The van der Waals surface area contributed by atoms with E-state index in [1.807, 2.05) is 38.1 Å². The Hall–Kier alpha value is -2.71. The SMILES string of the molecule is CNc1cc(C)nc(Nc2nc3c(c(C4=CCN(C)C[C@@H](O)C4)c2F)OCC3)c1. The van der Waals surface area contributed by atoms with Crippen molar-refractivity contribution >= 4 is 22.9 Å². The van der Waals surface area contributed by atoms with Crippen molar-refractivity contribution in [2.45, 2.75) is 25.9 Å². The zero-order valence-corrected chi connectivity index (χ0v) is 16.9. The predicted molar refractivity (Wildman–Crippen MR) is 111 cm³/mol. The number of aromatic nitrogens is 2. The summed E-state index contributed by atoms with van der Waals surface area (Å²) in [6, 6.07) is 3.71. The van der Waals surface area contributed by atoms with Crippen LogP contribution in [0.25, 0.3) is 5.57 Å². The van der Waals surface area contributed by atoms with Crippen molar-refractivity contribution in [2.75, 3.05) is 44.4 Å². The Kier molecular flexibility index (Phi) is 5.38. The Bertz CT molecular complexity index is 963. The van der Waals surface area contributed by atoms with Crippen LogP contribution in [0.3, 0.4) is 0 Å². The van der Waals surface area contributed by atoms with Gasteiger partial charge in [-0.2, -0.15) is 0 Å². The third-order valence-corrected chi connectivity index (χ3v) is 5.19. The number of pyridine rings is 2. The van der Waals surface area contributed by atoms with E-state index >= 15 is 4.39 Å². The van der Waals surface area contributed by atoms with Crippen molar-refractivity contribution < 1.29 is 14.2 Å². The molecule has 0 unspecified atom stereocenters. The van der Waals surface area contributed by atoms with Gasteiger partial charge in [-0.1, -0.05) is 6.08 Å². The van der Waals surface area contributed by atoms with Crippen molar-refractivity contribution in [1.29, 1.82) is 0 Å². The Balaban J connectivity index is 1.77. The number of aliphatic hydroxyl groups excluding tert-OH is 1. The van der Waals surface area contributed by atoms with Gasteiger partial charge in [0, 0.05) is 50.4 Å². The number of hydrogen-bond acceptors (Lipinski definition) is 7. The van der Waals surface area contributed by atoms with E-state index in [0.29, 0.717) is 49.7 Å². The number of hydrogen-bond donors (Lipinski definition) is 3. The Morgan fingerprint density at radius 2 is 2.14 bits per heavy atom. The Labute approximate surface area is 169 Å². The molecule has 0 amide bonds. The van der Waals surface area contributed by atoms with E-state index in [1.54, 1.807) is 6.07 Å². The van der Waals surface area contributed by atoms with Crippen LogP contribution in [0, 0.1) is 12.7 Å². The molecule has 4 rings (SSSR count). The van der Waals surface area contributed by atoms with Gasteiger partial charge < -0.3 is 25.4 Å². The highest BCUT2D eigenvalue weighted by molar-refractivity contribution is 5.76. The summed E-state index contributed by atoms with van der Waals surface area (Å²) in [5.74, 6) is 0.643. The first kappa shape index (κ1) is 19.6. The molecule has 2 aromatic rings. The molecule has 29 heavy (non-hydrogen) atoms. The topological polar surface area (TPSA) is 82.5 Å². The molecule has 0 spiro atoms. The molecule has 0 aromatic carbocycles. The van der Waals surface area contributed by atoms with Gasteiger partial charge in [-0.15, -0.1) is 0 Å². The summed E-state index contributed by atoms with van der Waals surface area (Å²) >= 11 is 0. The molecule has 154 valence electrons. The smallest absolute Gasteiger partial charge is 0.177 e. The van der Waals surface area contributed by atoms with Gasteiger partial charge in [0.1, 0.15) is 5.82 Å². The van der Waals surface area contributed by atoms with E-state index in [4.69, 9.17) is 4.74 Å². The summed E-state index contributed by atoms with van der Waals surface area (Å²) in [4.78, 5) is 10.9. The third kappa shape index (κ3) is 4.04. The highest BCUT2D eigenvalue weighted by atomic mass is 19.1. The highest BCUT2D eigenvalue weighted by Gasteiger charge is 2.29. The maximum absolute atomic E-state index is 15.7. The average Bonchev–Trinajstić information content (AvgIpc) is 3.06. The minimum absolute atomic E-state index is 0.123. The maximum atomic E-state index is 15.7. The zero-order valence-electron chi connectivity index (χ0n) is 16.9. The van der Waals surface area contributed by atoms with E-state index in [-0.39, 0.29) is 5.82 Å². The summed E-state index contributed by atoms with van der Waals surface area (Å²) in [7, 11) is 3.76. The number of aryl methyl sites for hydroxylation is 1. The lowest BCUT2D eigenvalue weighted by molar-refractivity contribution is 0.139. The number of fused-ring (bicyclic) bond motifs is 1. The number of nitrogens with one attached hydrogen (secondary N) is 2. The minimum atomic E-state index is -0.564. The highest BCUT2D eigenvalue weighted by Crippen LogP contribution is 2.40. The van der Waals surface area contributed by atoms with Gasteiger partial charge in [-0.05, 0) is 25.6 Å². The molecule has 2 aromatic heterocycles. The lowest BCUT2D eigenvalue weighted by Gasteiger charge is -2.17. The van der Waals surface area contributed by atoms with Gasteiger partial charge in [-0.3, -0.25) is 0 Å². The van der Waals surface area contributed by atoms with E-state index in [0.717, 1.165) is 22.6 Å². The molecule has 0 bridgehead atoms. The molecule has 0 radical (unpaired) electrons. The predicted octanol–water partition coefficient (Wildman–Crippen LogP) is 2.72. The van der Waals surface area contributed by atoms with Gasteiger partial charge in [-0.25, -0.2) is 14.4 Å². The molecular formula is C21H26FN5O2. The molecule has 1 atom stereocenters. The zero-order chi connectivity index (χ0) is 20.5. The lowest BCUT2D eigenvalue weighted by Crippen LogP contribution is -2.27. The normalized spacial score (nSPS) is 19.2. The summed E-state index contributed by atoms with van der Waals surface area (Å²) < 4.78 is 21.4. The summed E-state index contributed by atoms with van der Waals surface area (Å²) in [5.41, 5.74) is 3.55. The number of β-amino-alcohol motifs (C(OH)–C–C–N with tert-alkyl or cyclic N) is 1. The summed E-state index contributed by atoms with van der Waals surface area (Å²) in [5, 5.41) is 16.4. The second kappa shape index (κ2) is 7.96. The van der Waals surface area contributed by atoms with Crippen molar-refractivity contribution in [3.05, 3.63) is 41.0 Å². The Morgan fingerprint density at radius 1 is 1.31 bits per heavy atom. The monoisotopic (exact) mass is 399 g/mol. The molecule has 2 aliphatic heterocycles. The number of rotatable bonds is 4. The van der Waals surface area contributed by atoms with Crippen LogP contribution < -0.4 is 15.4 Å². The number of halogens is 1. The van der Waals surface area contributed by atoms with Crippen LogP contribution in [0.4, 0.5) is 21.7 Å². The number of ether oxygens (including phenoxy) is 1. The van der Waals surface area contributed by atoms with E-state index in [9.17, 15) is 5.11 Å². The summed E-state index contributed by atoms with van der Waals surface area (Å²) in [6.07, 6.45) is 2.39. The first-order chi connectivity index (χ1) is 13.9. The van der Waals surface area contributed by atoms with Crippen molar-refractivity contribution in [3.63, 3.8) is 0 Å². The average molecular weight is 399 g/mol. The summed E-state index contributed by atoms with van der Waals surface area (Å²) in [6.45, 7) is 3.53. The minimum Gasteiger partial charge on any atom is -0.491 e. The molecule has 3 N–H and O–H groups in total. The van der Waals surface area contributed by atoms with Crippen LogP contribution in [0.15, 0.2) is 18.2 Å². The Morgan fingerprint density at radius 3 is 2.93 bits per heavy atom. The molecule has 0 saturated carbocycles. The third-order valence-electron chi connectivity index (χ3n) is 5.19. The molecule has 7 nitrogen and oxygen atoms in total. The first-order valence-electron chi connectivity index (χ1n) is 9.79. The number of likely N-dealkylation sites (N-methyl/N-ethyl adjacent to an activating group) is 1. The molecular weight excluding hydrogens is 373 g/mol. The number of aliphatic hydroxyl groups is 1. The second-order valence-corrected chi connectivity index (χ2v) is 7.59. The lowest BCUT2D eigenvalue weighted by atomic mass is 9.98. The van der Waals surface area contributed by atoms with Crippen LogP contribution in [0.1, 0.15) is 23.4 Å². The van der Waals surface area contributed by atoms with Crippen molar-refractivity contribution in [3.8, 4) is 5.75 Å².